The van der Waals surface area contributed by atoms with E-state index in [2.05, 4.69) is 11.8 Å². The highest BCUT2D eigenvalue weighted by atomic mass is 16.6. The summed E-state index contributed by atoms with van der Waals surface area (Å²) in [6, 6.07) is 7.25. The molecule has 18 heavy (non-hydrogen) atoms. The minimum atomic E-state index is -0.369. The van der Waals surface area contributed by atoms with Crippen LogP contribution < -0.4 is 10.6 Å². The van der Waals surface area contributed by atoms with E-state index < -0.39 is 0 Å². The molecule has 1 aromatic carbocycles. The standard InChI is InChI=1S/C13H19N3O2/c1-10-2-3-11(8-14)9-15(10)12-4-6-13(7-5-12)16(17)18/h4-7,10-11H,2-3,8-9,14H2,1H3. The lowest BCUT2D eigenvalue weighted by molar-refractivity contribution is -0.384. The molecule has 2 unspecified atom stereocenters. The highest BCUT2D eigenvalue weighted by Crippen LogP contribution is 2.28. The summed E-state index contributed by atoms with van der Waals surface area (Å²) < 4.78 is 0. The molecule has 0 aliphatic carbocycles. The minimum Gasteiger partial charge on any atom is -0.368 e. The number of anilines is 1. The number of hydrogen-bond donors (Lipinski definition) is 1. The predicted molar refractivity (Wildman–Crippen MR) is 71.7 cm³/mol. The van der Waals surface area contributed by atoms with Crippen molar-refractivity contribution in [3.63, 3.8) is 0 Å². The van der Waals surface area contributed by atoms with E-state index in [1.165, 1.54) is 6.42 Å². The number of nitro benzene ring substituents is 1. The highest BCUT2D eigenvalue weighted by molar-refractivity contribution is 5.52. The van der Waals surface area contributed by atoms with Gasteiger partial charge in [-0.2, -0.15) is 0 Å². The van der Waals surface area contributed by atoms with Gasteiger partial charge in [0.25, 0.3) is 5.69 Å². The van der Waals surface area contributed by atoms with Crippen molar-refractivity contribution < 1.29 is 4.92 Å². The molecule has 1 fully saturated rings. The molecule has 0 amide bonds. The molecule has 1 saturated heterocycles. The topological polar surface area (TPSA) is 72.4 Å². The van der Waals surface area contributed by atoms with Crippen LogP contribution in [0.3, 0.4) is 0 Å². The molecule has 1 aromatic rings. The van der Waals surface area contributed by atoms with Crippen LogP contribution in [0.15, 0.2) is 24.3 Å². The summed E-state index contributed by atoms with van der Waals surface area (Å²) in [4.78, 5) is 12.6. The first-order valence-electron chi connectivity index (χ1n) is 6.33. The Kier molecular flexibility index (Phi) is 3.81. The molecule has 0 spiro atoms. The Morgan fingerprint density at radius 3 is 2.61 bits per heavy atom. The third kappa shape index (κ3) is 2.61. The number of nitrogens with zero attached hydrogens (tertiary/aromatic N) is 2. The molecule has 0 radical (unpaired) electrons. The van der Waals surface area contributed by atoms with Gasteiger partial charge >= 0.3 is 0 Å². The molecule has 5 nitrogen and oxygen atoms in total. The molecule has 2 N–H and O–H groups in total. The van der Waals surface area contributed by atoms with Gasteiger partial charge < -0.3 is 10.6 Å². The predicted octanol–water partition coefficient (Wildman–Crippen LogP) is 2.16. The lowest BCUT2D eigenvalue weighted by Crippen LogP contribution is -2.43. The molecular formula is C13H19N3O2. The molecule has 1 aliphatic heterocycles. The van der Waals surface area contributed by atoms with Gasteiger partial charge in [-0.15, -0.1) is 0 Å². The van der Waals surface area contributed by atoms with E-state index in [1.54, 1.807) is 12.1 Å². The van der Waals surface area contributed by atoms with E-state index in [9.17, 15) is 10.1 Å². The van der Waals surface area contributed by atoms with Crippen LogP contribution in [0.4, 0.5) is 11.4 Å². The molecule has 0 saturated carbocycles. The average Bonchev–Trinajstić information content (AvgIpc) is 2.39. The minimum absolute atomic E-state index is 0.138. The number of non-ortho nitro benzene ring substituents is 1. The van der Waals surface area contributed by atoms with Gasteiger partial charge in [-0.05, 0) is 44.4 Å². The number of nitro groups is 1. The van der Waals surface area contributed by atoms with E-state index in [1.807, 2.05) is 12.1 Å². The third-order valence-electron chi connectivity index (χ3n) is 3.71. The SMILES string of the molecule is CC1CCC(CN)CN1c1ccc([N+](=O)[O-])cc1. The van der Waals surface area contributed by atoms with Crippen molar-refractivity contribution in [1.82, 2.24) is 0 Å². The zero-order valence-electron chi connectivity index (χ0n) is 10.6. The summed E-state index contributed by atoms with van der Waals surface area (Å²) in [5.41, 5.74) is 6.92. The summed E-state index contributed by atoms with van der Waals surface area (Å²) in [5, 5.41) is 10.6. The van der Waals surface area contributed by atoms with Gasteiger partial charge in [-0.3, -0.25) is 10.1 Å². The van der Waals surface area contributed by atoms with Gasteiger partial charge in [0.15, 0.2) is 0 Å². The van der Waals surface area contributed by atoms with Crippen molar-refractivity contribution in [3.8, 4) is 0 Å². The summed E-state index contributed by atoms with van der Waals surface area (Å²) >= 11 is 0. The van der Waals surface area contributed by atoms with Crippen LogP contribution in [0.1, 0.15) is 19.8 Å². The molecular weight excluding hydrogens is 230 g/mol. The summed E-state index contributed by atoms with van der Waals surface area (Å²) in [7, 11) is 0. The summed E-state index contributed by atoms with van der Waals surface area (Å²) in [5.74, 6) is 0.524. The maximum absolute atomic E-state index is 10.6. The van der Waals surface area contributed by atoms with Gasteiger partial charge in [0, 0.05) is 30.4 Å². The lowest BCUT2D eigenvalue weighted by Gasteiger charge is -2.39. The number of piperidine rings is 1. The van der Waals surface area contributed by atoms with Crippen LogP contribution in [0.5, 0.6) is 0 Å². The summed E-state index contributed by atoms with van der Waals surface area (Å²) in [6.07, 6.45) is 2.29. The zero-order chi connectivity index (χ0) is 13.1. The van der Waals surface area contributed by atoms with Crippen LogP contribution in [0.2, 0.25) is 0 Å². The fourth-order valence-electron chi connectivity index (χ4n) is 2.50. The van der Waals surface area contributed by atoms with Crippen molar-refractivity contribution in [2.75, 3.05) is 18.0 Å². The monoisotopic (exact) mass is 249 g/mol. The summed E-state index contributed by atoms with van der Waals surface area (Å²) in [6.45, 7) is 3.83. The normalized spacial score (nSPS) is 24.0. The molecule has 98 valence electrons. The van der Waals surface area contributed by atoms with E-state index >= 15 is 0 Å². The van der Waals surface area contributed by atoms with Gasteiger partial charge in [-0.25, -0.2) is 0 Å². The molecule has 1 aliphatic rings. The molecule has 2 atom stereocenters. The first-order chi connectivity index (χ1) is 8.61. The zero-order valence-corrected chi connectivity index (χ0v) is 10.6. The Hall–Kier alpha value is -1.62. The van der Waals surface area contributed by atoms with Crippen LogP contribution in [0, 0.1) is 16.0 Å². The lowest BCUT2D eigenvalue weighted by atomic mass is 9.93. The Morgan fingerprint density at radius 2 is 2.06 bits per heavy atom. The van der Waals surface area contributed by atoms with Gasteiger partial charge in [0.1, 0.15) is 0 Å². The second-order valence-corrected chi connectivity index (χ2v) is 4.95. The van der Waals surface area contributed by atoms with E-state index in [-0.39, 0.29) is 10.6 Å². The maximum atomic E-state index is 10.6. The van der Waals surface area contributed by atoms with Crippen LogP contribution in [-0.4, -0.2) is 24.1 Å². The second kappa shape index (κ2) is 5.35. The highest BCUT2D eigenvalue weighted by Gasteiger charge is 2.24. The maximum Gasteiger partial charge on any atom is 0.269 e. The largest absolute Gasteiger partial charge is 0.368 e. The van der Waals surface area contributed by atoms with Gasteiger partial charge in [-0.1, -0.05) is 0 Å². The second-order valence-electron chi connectivity index (χ2n) is 4.95. The van der Waals surface area contributed by atoms with Gasteiger partial charge in [0.2, 0.25) is 0 Å². The van der Waals surface area contributed by atoms with E-state index in [0.29, 0.717) is 18.5 Å². The Bertz CT molecular complexity index is 419. The van der Waals surface area contributed by atoms with Crippen molar-refractivity contribution in [3.05, 3.63) is 34.4 Å². The van der Waals surface area contributed by atoms with Crippen molar-refractivity contribution >= 4 is 11.4 Å². The van der Waals surface area contributed by atoms with Crippen LogP contribution in [0.25, 0.3) is 0 Å². The Balaban J connectivity index is 2.16. The molecule has 0 aromatic heterocycles. The van der Waals surface area contributed by atoms with Gasteiger partial charge in [0.05, 0.1) is 4.92 Å². The number of rotatable bonds is 3. The van der Waals surface area contributed by atoms with E-state index in [4.69, 9.17) is 5.73 Å². The Morgan fingerprint density at radius 1 is 1.39 bits per heavy atom. The number of hydrogen-bond acceptors (Lipinski definition) is 4. The fraction of sp³-hybridized carbons (Fsp3) is 0.538. The molecule has 5 heteroatoms. The van der Waals surface area contributed by atoms with Crippen molar-refractivity contribution in [2.45, 2.75) is 25.8 Å². The first-order valence-corrected chi connectivity index (χ1v) is 6.33. The molecule has 0 bridgehead atoms. The third-order valence-corrected chi connectivity index (χ3v) is 3.71. The molecule has 2 rings (SSSR count). The van der Waals surface area contributed by atoms with Crippen molar-refractivity contribution in [2.24, 2.45) is 11.7 Å². The smallest absolute Gasteiger partial charge is 0.269 e. The van der Waals surface area contributed by atoms with Crippen molar-refractivity contribution in [1.29, 1.82) is 0 Å². The number of nitrogens with two attached hydrogens (primary N) is 1. The average molecular weight is 249 g/mol. The van der Waals surface area contributed by atoms with Crippen LogP contribution in [-0.2, 0) is 0 Å². The van der Waals surface area contributed by atoms with E-state index in [0.717, 1.165) is 18.7 Å². The quantitative estimate of drug-likeness (QED) is 0.658. The number of benzene rings is 1. The Labute approximate surface area is 107 Å². The van der Waals surface area contributed by atoms with Crippen LogP contribution >= 0.6 is 0 Å². The first kappa shape index (κ1) is 12.8. The molecule has 1 heterocycles. The fourth-order valence-corrected chi connectivity index (χ4v) is 2.50.